The third-order valence-corrected chi connectivity index (χ3v) is 2.86. The molecule has 0 unspecified atom stereocenters. The minimum atomic E-state index is 1.02. The van der Waals surface area contributed by atoms with E-state index in [0.717, 1.165) is 17.9 Å². The number of nitrogens with zero attached hydrogens (tertiary/aromatic N) is 1. The van der Waals surface area contributed by atoms with E-state index in [9.17, 15) is 0 Å². The predicted octanol–water partition coefficient (Wildman–Crippen LogP) is 0.915. The molecule has 0 aromatic heterocycles. The summed E-state index contributed by atoms with van der Waals surface area (Å²) in [5.41, 5.74) is 0. The Bertz CT molecular complexity index is 130. The number of likely N-dealkylation sites (tertiary alicyclic amines) is 1. The van der Waals surface area contributed by atoms with Crippen molar-refractivity contribution < 1.29 is 0 Å². The van der Waals surface area contributed by atoms with E-state index in [1.54, 1.807) is 0 Å². The fraction of sp³-hybridized carbons (Fsp3) is 0.875. The van der Waals surface area contributed by atoms with Crippen molar-refractivity contribution in [3.8, 4) is 0 Å². The molecule has 1 saturated heterocycles. The molecule has 1 heterocycles. The Morgan fingerprint density at radius 3 is 2.33 bits per heavy atom. The first-order valence-corrected chi connectivity index (χ1v) is 4.02. The molecule has 0 spiro atoms. The quantitative estimate of drug-likeness (QED) is 0.500. The molecule has 0 N–H and O–H groups in total. The average Bonchev–Trinajstić information content (AvgIpc) is 2.72. The molecule has 0 amide bonds. The summed E-state index contributed by atoms with van der Waals surface area (Å²) in [6.45, 7) is 2.80. The molecule has 3 rings (SSSR count). The van der Waals surface area contributed by atoms with Gasteiger partial charge < -0.3 is 0 Å². The molecule has 1 nitrogen and oxygen atoms in total. The summed E-state index contributed by atoms with van der Waals surface area (Å²) >= 11 is 0. The molecule has 1 heteroatoms. The minimum Gasteiger partial charge on any atom is -0.300 e. The largest absolute Gasteiger partial charge is 0.300 e. The van der Waals surface area contributed by atoms with E-state index in [-0.39, 0.29) is 0 Å². The summed E-state index contributed by atoms with van der Waals surface area (Å²) in [6.07, 6.45) is 5.47. The molecule has 0 aromatic carbocycles. The van der Waals surface area contributed by atoms with Gasteiger partial charge in [-0.3, -0.25) is 4.90 Å². The first-order valence-electron chi connectivity index (χ1n) is 4.02. The van der Waals surface area contributed by atoms with Crippen LogP contribution in [0.4, 0.5) is 0 Å². The van der Waals surface area contributed by atoms with Gasteiger partial charge in [0.1, 0.15) is 0 Å². The van der Waals surface area contributed by atoms with E-state index >= 15 is 0 Å². The van der Waals surface area contributed by atoms with E-state index in [1.807, 2.05) is 0 Å². The molecule has 3 fully saturated rings. The summed E-state index contributed by atoms with van der Waals surface area (Å²) < 4.78 is 0. The van der Waals surface area contributed by atoms with Crippen LogP contribution < -0.4 is 0 Å². The van der Waals surface area contributed by atoms with Crippen molar-refractivity contribution in [2.75, 3.05) is 13.1 Å². The highest BCUT2D eigenvalue weighted by Gasteiger charge is 2.48. The highest BCUT2D eigenvalue weighted by molar-refractivity contribution is 5.14. The van der Waals surface area contributed by atoms with Crippen molar-refractivity contribution in [1.29, 1.82) is 0 Å². The second-order valence-corrected chi connectivity index (χ2v) is 3.71. The SMILES string of the molecule is [CH]1[C@@H]2CN(C3CC3)C[C@H]12. The summed E-state index contributed by atoms with van der Waals surface area (Å²) in [5.74, 6) is 2.04. The van der Waals surface area contributed by atoms with E-state index in [1.165, 1.54) is 25.9 Å². The van der Waals surface area contributed by atoms with Gasteiger partial charge in [-0.15, -0.1) is 0 Å². The number of fused-ring (bicyclic) bond motifs is 1. The van der Waals surface area contributed by atoms with Gasteiger partial charge in [0.15, 0.2) is 0 Å². The zero-order valence-electron chi connectivity index (χ0n) is 5.59. The van der Waals surface area contributed by atoms with Crippen molar-refractivity contribution >= 4 is 0 Å². The molecule has 49 valence electrons. The third kappa shape index (κ3) is 0.644. The van der Waals surface area contributed by atoms with E-state index in [0.29, 0.717) is 0 Å². The summed E-state index contributed by atoms with van der Waals surface area (Å²) in [4.78, 5) is 2.68. The Balaban J connectivity index is 1.69. The smallest absolute Gasteiger partial charge is 0.00966 e. The standard InChI is InChI=1S/C8H12N/c1-2-8(1)9-4-6-3-7(6)5-9/h3,6-8H,1-2,4-5H2/t6-,7+. The zero-order chi connectivity index (χ0) is 5.84. The predicted molar refractivity (Wildman–Crippen MR) is 35.9 cm³/mol. The van der Waals surface area contributed by atoms with Crippen LogP contribution in [0.1, 0.15) is 12.8 Å². The Morgan fingerprint density at radius 2 is 1.78 bits per heavy atom. The van der Waals surface area contributed by atoms with Crippen LogP contribution in [0.25, 0.3) is 0 Å². The van der Waals surface area contributed by atoms with Crippen LogP contribution in [0.2, 0.25) is 0 Å². The van der Waals surface area contributed by atoms with Crippen LogP contribution in [0.3, 0.4) is 0 Å². The molecule has 1 aliphatic heterocycles. The molecule has 0 aromatic rings. The molecule has 9 heavy (non-hydrogen) atoms. The van der Waals surface area contributed by atoms with Crippen molar-refractivity contribution in [3.05, 3.63) is 6.42 Å². The lowest BCUT2D eigenvalue weighted by Gasteiger charge is -2.14. The van der Waals surface area contributed by atoms with Crippen LogP contribution >= 0.6 is 0 Å². The maximum Gasteiger partial charge on any atom is 0.00966 e. The van der Waals surface area contributed by atoms with Gasteiger partial charge in [-0.2, -0.15) is 0 Å². The lowest BCUT2D eigenvalue weighted by molar-refractivity contribution is 0.305. The van der Waals surface area contributed by atoms with E-state index < -0.39 is 0 Å². The molecule has 1 radical (unpaired) electrons. The molecule has 2 saturated carbocycles. The van der Waals surface area contributed by atoms with Gasteiger partial charge in [0, 0.05) is 19.1 Å². The molecule has 2 aliphatic carbocycles. The van der Waals surface area contributed by atoms with Gasteiger partial charge in [-0.1, -0.05) is 0 Å². The number of hydrogen-bond donors (Lipinski definition) is 0. The molecule has 2 atom stereocenters. The van der Waals surface area contributed by atoms with Gasteiger partial charge in [0.05, 0.1) is 0 Å². The van der Waals surface area contributed by atoms with Gasteiger partial charge >= 0.3 is 0 Å². The van der Waals surface area contributed by atoms with Gasteiger partial charge in [-0.05, 0) is 31.1 Å². The minimum absolute atomic E-state index is 1.02. The topological polar surface area (TPSA) is 3.24 Å². The highest BCUT2D eigenvalue weighted by Crippen LogP contribution is 2.46. The monoisotopic (exact) mass is 122 g/mol. The number of hydrogen-bond acceptors (Lipinski definition) is 1. The van der Waals surface area contributed by atoms with Crippen molar-refractivity contribution in [2.45, 2.75) is 18.9 Å². The Labute approximate surface area is 56.0 Å². The first kappa shape index (κ1) is 4.73. The maximum atomic E-state index is 2.68. The Kier molecular flexibility index (Phi) is 0.704. The van der Waals surface area contributed by atoms with Gasteiger partial charge in [0.2, 0.25) is 0 Å². The highest BCUT2D eigenvalue weighted by atomic mass is 15.2. The molecular weight excluding hydrogens is 110 g/mol. The Hall–Kier alpha value is -0.0400. The fourth-order valence-electron chi connectivity index (χ4n) is 2.00. The summed E-state index contributed by atoms with van der Waals surface area (Å²) in [5, 5.41) is 0. The molecule has 3 aliphatic rings. The molecular formula is C8H12N. The lowest BCUT2D eigenvalue weighted by atomic mass is 10.4. The van der Waals surface area contributed by atoms with Crippen LogP contribution in [0.15, 0.2) is 0 Å². The van der Waals surface area contributed by atoms with Crippen LogP contribution in [0, 0.1) is 18.3 Å². The van der Waals surface area contributed by atoms with Gasteiger partial charge in [0.25, 0.3) is 0 Å². The number of rotatable bonds is 1. The zero-order valence-corrected chi connectivity index (χ0v) is 5.59. The van der Waals surface area contributed by atoms with E-state index in [2.05, 4.69) is 11.3 Å². The summed E-state index contributed by atoms with van der Waals surface area (Å²) in [6, 6.07) is 1.02. The second-order valence-electron chi connectivity index (χ2n) is 3.71. The van der Waals surface area contributed by atoms with Crippen molar-refractivity contribution in [3.63, 3.8) is 0 Å². The lowest BCUT2D eigenvalue weighted by Crippen LogP contribution is -2.24. The number of piperidine rings is 1. The average molecular weight is 122 g/mol. The first-order chi connectivity index (χ1) is 4.43. The van der Waals surface area contributed by atoms with Gasteiger partial charge in [-0.25, -0.2) is 0 Å². The van der Waals surface area contributed by atoms with Crippen LogP contribution in [0.5, 0.6) is 0 Å². The third-order valence-electron chi connectivity index (χ3n) is 2.86. The summed E-state index contributed by atoms with van der Waals surface area (Å²) in [7, 11) is 0. The van der Waals surface area contributed by atoms with E-state index in [4.69, 9.17) is 0 Å². The van der Waals surface area contributed by atoms with Crippen LogP contribution in [-0.4, -0.2) is 24.0 Å². The van der Waals surface area contributed by atoms with Crippen LogP contribution in [-0.2, 0) is 0 Å². The Morgan fingerprint density at radius 1 is 1.11 bits per heavy atom. The molecule has 0 bridgehead atoms. The fourth-order valence-corrected chi connectivity index (χ4v) is 2.00. The second kappa shape index (κ2) is 1.34. The maximum absolute atomic E-state index is 2.68. The van der Waals surface area contributed by atoms with Crippen molar-refractivity contribution in [1.82, 2.24) is 4.90 Å². The normalized spacial score (nSPS) is 49.3. The van der Waals surface area contributed by atoms with Crippen molar-refractivity contribution in [2.24, 2.45) is 11.8 Å².